The topological polar surface area (TPSA) is 45.8 Å². The van der Waals surface area contributed by atoms with E-state index in [4.69, 9.17) is 0 Å². The maximum absolute atomic E-state index is 10.5. The Morgan fingerprint density at radius 3 is 2.70 bits per heavy atom. The molecule has 1 N–H and O–H groups in total. The molecule has 0 bridgehead atoms. The van der Waals surface area contributed by atoms with Gasteiger partial charge < -0.3 is 4.98 Å². The van der Waals surface area contributed by atoms with E-state index in [2.05, 4.69) is 23.8 Å². The summed E-state index contributed by atoms with van der Waals surface area (Å²) in [5, 5.41) is 0. The highest BCUT2D eigenvalue weighted by Gasteiger charge is 1.96. The molecule has 3 nitrogen and oxygen atoms in total. The summed E-state index contributed by atoms with van der Waals surface area (Å²) in [6.45, 7) is 4.10. The molecule has 10 heavy (non-hydrogen) atoms. The molecule has 0 aliphatic rings. The summed E-state index contributed by atoms with van der Waals surface area (Å²) < 4.78 is 0. The maximum atomic E-state index is 10.5. The van der Waals surface area contributed by atoms with Crippen LogP contribution in [0.3, 0.4) is 0 Å². The highest BCUT2D eigenvalue weighted by atomic mass is 16.1. The first kappa shape index (κ1) is 6.99. The van der Waals surface area contributed by atoms with Crippen LogP contribution in [0.4, 0.5) is 0 Å². The number of aromatic nitrogens is 2. The van der Waals surface area contributed by atoms with Crippen molar-refractivity contribution in [3.63, 3.8) is 0 Å². The predicted molar refractivity (Wildman–Crippen MR) is 38.9 cm³/mol. The van der Waals surface area contributed by atoms with Gasteiger partial charge in [-0.3, -0.25) is 0 Å². The third-order valence-corrected chi connectivity index (χ3v) is 1.36. The quantitative estimate of drug-likeness (QED) is 0.626. The Labute approximate surface area is 59.1 Å². The standard InChI is InChI=1S/C7H10N2O/c1-5(2)6-3-8-7(10)9-4-6/h3-5H,1-2H3,(H,8,9,10). The second kappa shape index (κ2) is 2.64. The van der Waals surface area contributed by atoms with E-state index in [1.54, 1.807) is 12.4 Å². The molecule has 0 aliphatic heterocycles. The van der Waals surface area contributed by atoms with Gasteiger partial charge >= 0.3 is 5.69 Å². The van der Waals surface area contributed by atoms with E-state index in [0.29, 0.717) is 5.92 Å². The number of nitrogens with one attached hydrogen (secondary N) is 1. The normalized spacial score (nSPS) is 10.3. The van der Waals surface area contributed by atoms with E-state index in [9.17, 15) is 4.79 Å². The minimum absolute atomic E-state index is 0.288. The monoisotopic (exact) mass is 138 g/mol. The minimum Gasteiger partial charge on any atom is -0.312 e. The minimum atomic E-state index is -0.288. The molecular formula is C7H10N2O. The molecule has 1 rings (SSSR count). The van der Waals surface area contributed by atoms with Gasteiger partial charge in [-0.05, 0) is 11.5 Å². The summed E-state index contributed by atoms with van der Waals surface area (Å²) in [5.41, 5.74) is 0.768. The van der Waals surface area contributed by atoms with Crippen LogP contribution in [-0.4, -0.2) is 9.97 Å². The van der Waals surface area contributed by atoms with Crippen molar-refractivity contribution < 1.29 is 0 Å². The Balaban J connectivity index is 3.00. The zero-order valence-electron chi connectivity index (χ0n) is 6.09. The number of hydrogen-bond acceptors (Lipinski definition) is 2. The van der Waals surface area contributed by atoms with E-state index in [0.717, 1.165) is 5.56 Å². The van der Waals surface area contributed by atoms with Gasteiger partial charge in [0.15, 0.2) is 0 Å². The SMILES string of the molecule is CC(C)c1cnc(=O)[nH]c1. The molecule has 0 radical (unpaired) electrons. The molecule has 0 spiro atoms. The van der Waals surface area contributed by atoms with Crippen molar-refractivity contribution in [3.8, 4) is 0 Å². The third kappa shape index (κ3) is 1.43. The van der Waals surface area contributed by atoms with Crippen molar-refractivity contribution >= 4 is 0 Å². The Hall–Kier alpha value is -1.12. The number of nitrogens with zero attached hydrogens (tertiary/aromatic N) is 1. The lowest BCUT2D eigenvalue weighted by Crippen LogP contribution is -2.09. The average molecular weight is 138 g/mol. The number of aromatic amines is 1. The van der Waals surface area contributed by atoms with Crippen LogP contribution in [0.5, 0.6) is 0 Å². The number of hydrogen-bond donors (Lipinski definition) is 1. The molecule has 0 aromatic carbocycles. The molecule has 1 aromatic heterocycles. The number of H-pyrrole nitrogens is 1. The van der Waals surface area contributed by atoms with Crippen molar-refractivity contribution in [2.24, 2.45) is 0 Å². The van der Waals surface area contributed by atoms with Crippen LogP contribution >= 0.6 is 0 Å². The molecule has 1 aromatic rings. The van der Waals surface area contributed by atoms with Crippen molar-refractivity contribution in [3.05, 3.63) is 28.4 Å². The van der Waals surface area contributed by atoms with Crippen molar-refractivity contribution in [2.45, 2.75) is 19.8 Å². The fourth-order valence-corrected chi connectivity index (χ4v) is 0.669. The van der Waals surface area contributed by atoms with Gasteiger partial charge in [0, 0.05) is 12.4 Å². The van der Waals surface area contributed by atoms with Gasteiger partial charge in [0.2, 0.25) is 0 Å². The Bertz CT molecular complexity index is 244. The van der Waals surface area contributed by atoms with Gasteiger partial charge in [-0.1, -0.05) is 13.8 Å². The lowest BCUT2D eigenvalue weighted by molar-refractivity contribution is 0.838. The molecule has 3 heteroatoms. The van der Waals surface area contributed by atoms with Crippen LogP contribution in [0.1, 0.15) is 25.3 Å². The fourth-order valence-electron chi connectivity index (χ4n) is 0.669. The van der Waals surface area contributed by atoms with Crippen LogP contribution in [0, 0.1) is 0 Å². The highest BCUT2D eigenvalue weighted by Crippen LogP contribution is 2.08. The summed E-state index contributed by atoms with van der Waals surface area (Å²) in [6.07, 6.45) is 3.30. The van der Waals surface area contributed by atoms with Crippen molar-refractivity contribution in [1.82, 2.24) is 9.97 Å². The zero-order valence-corrected chi connectivity index (χ0v) is 6.09. The van der Waals surface area contributed by atoms with Crippen LogP contribution < -0.4 is 5.69 Å². The summed E-state index contributed by atoms with van der Waals surface area (Å²) >= 11 is 0. The summed E-state index contributed by atoms with van der Waals surface area (Å²) in [4.78, 5) is 16.6. The van der Waals surface area contributed by atoms with E-state index in [-0.39, 0.29) is 5.69 Å². The summed E-state index contributed by atoms with van der Waals surface area (Å²) in [5.74, 6) is 0.421. The maximum Gasteiger partial charge on any atom is 0.344 e. The summed E-state index contributed by atoms with van der Waals surface area (Å²) in [6, 6.07) is 0. The molecule has 0 amide bonds. The second-order valence-electron chi connectivity index (χ2n) is 2.51. The Morgan fingerprint density at radius 2 is 2.30 bits per heavy atom. The third-order valence-electron chi connectivity index (χ3n) is 1.36. The smallest absolute Gasteiger partial charge is 0.312 e. The lowest BCUT2D eigenvalue weighted by atomic mass is 10.1. The first-order chi connectivity index (χ1) is 4.70. The second-order valence-corrected chi connectivity index (χ2v) is 2.51. The predicted octanol–water partition coefficient (Wildman–Crippen LogP) is 0.893. The molecule has 0 unspecified atom stereocenters. The summed E-state index contributed by atoms with van der Waals surface area (Å²) in [7, 11) is 0. The molecule has 0 saturated carbocycles. The first-order valence-electron chi connectivity index (χ1n) is 3.25. The molecule has 0 atom stereocenters. The van der Waals surface area contributed by atoms with Crippen LogP contribution in [-0.2, 0) is 0 Å². The Morgan fingerprint density at radius 1 is 1.60 bits per heavy atom. The van der Waals surface area contributed by atoms with E-state index < -0.39 is 0 Å². The largest absolute Gasteiger partial charge is 0.344 e. The van der Waals surface area contributed by atoms with Gasteiger partial charge in [-0.25, -0.2) is 9.78 Å². The average Bonchev–Trinajstić information content (AvgIpc) is 1.88. The fraction of sp³-hybridized carbons (Fsp3) is 0.429. The molecule has 0 saturated heterocycles. The van der Waals surface area contributed by atoms with E-state index in [1.165, 1.54) is 0 Å². The number of rotatable bonds is 1. The van der Waals surface area contributed by atoms with Gasteiger partial charge in [-0.15, -0.1) is 0 Å². The van der Waals surface area contributed by atoms with Gasteiger partial charge in [0.1, 0.15) is 0 Å². The van der Waals surface area contributed by atoms with Crippen molar-refractivity contribution in [2.75, 3.05) is 0 Å². The molecule has 0 fully saturated rings. The van der Waals surface area contributed by atoms with Gasteiger partial charge in [-0.2, -0.15) is 0 Å². The highest BCUT2D eigenvalue weighted by molar-refractivity contribution is 5.06. The Kier molecular flexibility index (Phi) is 1.85. The molecule has 54 valence electrons. The van der Waals surface area contributed by atoms with Crippen LogP contribution in [0.15, 0.2) is 17.2 Å². The van der Waals surface area contributed by atoms with Gasteiger partial charge in [0.05, 0.1) is 0 Å². The zero-order chi connectivity index (χ0) is 7.56. The molecular weight excluding hydrogens is 128 g/mol. The first-order valence-corrected chi connectivity index (χ1v) is 3.25. The lowest BCUT2D eigenvalue weighted by Gasteiger charge is -2.00. The molecule has 1 heterocycles. The van der Waals surface area contributed by atoms with Crippen LogP contribution in [0.2, 0.25) is 0 Å². The van der Waals surface area contributed by atoms with Gasteiger partial charge in [0.25, 0.3) is 0 Å². The van der Waals surface area contributed by atoms with Crippen LogP contribution in [0.25, 0.3) is 0 Å². The van der Waals surface area contributed by atoms with E-state index in [1.807, 2.05) is 0 Å². The van der Waals surface area contributed by atoms with Crippen molar-refractivity contribution in [1.29, 1.82) is 0 Å². The molecule has 0 aliphatic carbocycles. The van der Waals surface area contributed by atoms with E-state index >= 15 is 0 Å².